The fourth-order valence-electron chi connectivity index (χ4n) is 3.05. The normalized spacial score (nSPS) is 16.6. The number of halogens is 2. The lowest BCUT2D eigenvalue weighted by atomic mass is 10.0. The van der Waals surface area contributed by atoms with Crippen molar-refractivity contribution in [3.05, 3.63) is 40.3 Å². The van der Waals surface area contributed by atoms with Crippen LogP contribution in [0.4, 0.5) is 9.18 Å². The molecule has 0 bridgehead atoms. The average Bonchev–Trinajstić information content (AvgIpc) is 2.95. The van der Waals surface area contributed by atoms with Crippen LogP contribution in [0.25, 0.3) is 11.3 Å². The van der Waals surface area contributed by atoms with Crippen LogP contribution in [0, 0.1) is 5.82 Å². The third-order valence-electron chi connectivity index (χ3n) is 4.31. The fraction of sp³-hybridized carbons (Fsp3) is 0.312. The van der Waals surface area contributed by atoms with Gasteiger partial charge in [-0.2, -0.15) is 5.10 Å². The Morgan fingerprint density at radius 3 is 2.76 bits per heavy atom. The smallest absolute Gasteiger partial charge is 0.407 e. The Bertz CT molecular complexity index is 867. The van der Waals surface area contributed by atoms with Crippen LogP contribution in [-0.2, 0) is 6.54 Å². The van der Waals surface area contributed by atoms with E-state index in [-0.39, 0.29) is 35.4 Å². The number of fused-ring (bicyclic) bond motifs is 1. The van der Waals surface area contributed by atoms with E-state index in [1.54, 1.807) is 4.68 Å². The Kier molecular flexibility index (Phi) is 4.38. The zero-order chi connectivity index (χ0) is 18.3. The molecule has 1 aromatic carbocycles. The number of nitrogens with two attached hydrogens (primary N) is 1. The summed E-state index contributed by atoms with van der Waals surface area (Å²) in [5.74, 6) is -1.31. The van der Waals surface area contributed by atoms with Crippen molar-refractivity contribution in [3.63, 3.8) is 0 Å². The first-order valence-corrected chi connectivity index (χ1v) is 8.05. The van der Waals surface area contributed by atoms with E-state index in [1.165, 1.54) is 23.1 Å². The summed E-state index contributed by atoms with van der Waals surface area (Å²) in [6, 6.07) is 3.79. The summed E-state index contributed by atoms with van der Waals surface area (Å²) in [5.41, 5.74) is 6.81. The van der Waals surface area contributed by atoms with Gasteiger partial charge in [0.05, 0.1) is 28.9 Å². The standard InChI is InChI=1S/C16H16ClFN4O3/c1-2-9-6-21(16(24)25)7-12-13(15(19)23)14(20-22(9)12)8-3-4-11(18)10(17)5-8/h3-5,9H,2,6-7H2,1H3,(H2,19,23)(H,24,25). The first kappa shape index (κ1) is 17.2. The predicted molar refractivity (Wildman–Crippen MR) is 88.9 cm³/mol. The summed E-state index contributed by atoms with van der Waals surface area (Å²) in [5, 5.41) is 13.7. The van der Waals surface area contributed by atoms with Crippen molar-refractivity contribution in [3.8, 4) is 11.3 Å². The van der Waals surface area contributed by atoms with Gasteiger partial charge in [-0.3, -0.25) is 9.48 Å². The third kappa shape index (κ3) is 2.93. The predicted octanol–water partition coefficient (Wildman–Crippen LogP) is 2.89. The third-order valence-corrected chi connectivity index (χ3v) is 4.60. The molecule has 1 aliphatic heterocycles. The van der Waals surface area contributed by atoms with Crippen molar-refractivity contribution in [1.82, 2.24) is 14.7 Å². The van der Waals surface area contributed by atoms with E-state index in [4.69, 9.17) is 17.3 Å². The Hall–Kier alpha value is -2.61. The number of amides is 2. The zero-order valence-electron chi connectivity index (χ0n) is 13.4. The number of aromatic nitrogens is 2. The van der Waals surface area contributed by atoms with E-state index in [9.17, 15) is 19.1 Å². The first-order chi connectivity index (χ1) is 11.8. The Labute approximate surface area is 147 Å². The molecule has 2 heterocycles. The second kappa shape index (κ2) is 6.36. The Balaban J connectivity index is 2.20. The maximum atomic E-state index is 13.4. The molecule has 2 aromatic rings. The molecule has 0 fully saturated rings. The lowest BCUT2D eigenvalue weighted by Gasteiger charge is -2.31. The van der Waals surface area contributed by atoms with Crippen LogP contribution in [0.3, 0.4) is 0 Å². The molecule has 2 amide bonds. The van der Waals surface area contributed by atoms with Crippen molar-refractivity contribution >= 4 is 23.6 Å². The van der Waals surface area contributed by atoms with Crippen LogP contribution in [0.5, 0.6) is 0 Å². The summed E-state index contributed by atoms with van der Waals surface area (Å²) in [6.45, 7) is 2.17. The highest BCUT2D eigenvalue weighted by Gasteiger charge is 2.33. The second-order valence-electron chi connectivity index (χ2n) is 5.83. The van der Waals surface area contributed by atoms with Gasteiger partial charge in [-0.05, 0) is 24.6 Å². The minimum atomic E-state index is -1.08. The molecular formula is C16H16ClFN4O3. The average molecular weight is 367 g/mol. The van der Waals surface area contributed by atoms with Crippen LogP contribution in [0.1, 0.15) is 35.4 Å². The van der Waals surface area contributed by atoms with Gasteiger partial charge in [-0.15, -0.1) is 0 Å². The van der Waals surface area contributed by atoms with Crippen LogP contribution >= 0.6 is 11.6 Å². The quantitative estimate of drug-likeness (QED) is 0.871. The van der Waals surface area contributed by atoms with E-state index < -0.39 is 17.8 Å². The SMILES string of the molecule is CCC1CN(C(=O)O)Cc2c(C(N)=O)c(-c3ccc(F)c(Cl)c3)nn21. The van der Waals surface area contributed by atoms with Gasteiger partial charge in [0, 0.05) is 12.1 Å². The highest BCUT2D eigenvalue weighted by Crippen LogP contribution is 2.33. The summed E-state index contributed by atoms with van der Waals surface area (Å²) < 4.78 is 15.1. The van der Waals surface area contributed by atoms with Crippen LogP contribution in [-0.4, -0.2) is 38.3 Å². The monoisotopic (exact) mass is 366 g/mol. The number of hydrogen-bond donors (Lipinski definition) is 2. The van der Waals surface area contributed by atoms with Gasteiger partial charge in [-0.25, -0.2) is 9.18 Å². The number of rotatable bonds is 3. The molecule has 0 saturated carbocycles. The number of carboxylic acid groups (broad SMARTS) is 1. The largest absolute Gasteiger partial charge is 0.465 e. The summed E-state index contributed by atoms with van der Waals surface area (Å²) in [7, 11) is 0. The van der Waals surface area contributed by atoms with E-state index in [0.717, 1.165) is 0 Å². The molecule has 0 saturated heterocycles. The van der Waals surface area contributed by atoms with Gasteiger partial charge in [0.2, 0.25) is 0 Å². The topological polar surface area (TPSA) is 101 Å². The van der Waals surface area contributed by atoms with Gasteiger partial charge in [0.25, 0.3) is 5.91 Å². The number of carbonyl (C=O) groups is 2. The lowest BCUT2D eigenvalue weighted by molar-refractivity contribution is 0.0988. The van der Waals surface area contributed by atoms with Crippen molar-refractivity contribution in [2.45, 2.75) is 25.9 Å². The van der Waals surface area contributed by atoms with Crippen LogP contribution in [0.15, 0.2) is 18.2 Å². The van der Waals surface area contributed by atoms with Crippen molar-refractivity contribution < 1.29 is 19.1 Å². The first-order valence-electron chi connectivity index (χ1n) is 7.68. The van der Waals surface area contributed by atoms with Crippen LogP contribution in [0.2, 0.25) is 5.02 Å². The second-order valence-corrected chi connectivity index (χ2v) is 6.24. The van der Waals surface area contributed by atoms with E-state index in [2.05, 4.69) is 5.10 Å². The zero-order valence-corrected chi connectivity index (χ0v) is 14.1. The Morgan fingerprint density at radius 1 is 1.48 bits per heavy atom. The molecule has 0 spiro atoms. The maximum absolute atomic E-state index is 13.4. The molecule has 1 atom stereocenters. The molecule has 25 heavy (non-hydrogen) atoms. The molecule has 9 heteroatoms. The molecule has 0 aliphatic carbocycles. The molecule has 0 radical (unpaired) electrons. The van der Waals surface area contributed by atoms with Crippen LogP contribution < -0.4 is 5.73 Å². The summed E-state index contributed by atoms with van der Waals surface area (Å²) in [6.07, 6.45) is -0.451. The summed E-state index contributed by atoms with van der Waals surface area (Å²) in [4.78, 5) is 24.7. The molecule has 1 unspecified atom stereocenters. The maximum Gasteiger partial charge on any atom is 0.407 e. The van der Waals surface area contributed by atoms with Gasteiger partial charge < -0.3 is 15.7 Å². The van der Waals surface area contributed by atoms with Crippen molar-refractivity contribution in [2.24, 2.45) is 5.73 Å². The van der Waals surface area contributed by atoms with Gasteiger partial charge in [0.1, 0.15) is 11.5 Å². The van der Waals surface area contributed by atoms with Gasteiger partial charge >= 0.3 is 6.09 Å². The highest BCUT2D eigenvalue weighted by molar-refractivity contribution is 6.31. The lowest BCUT2D eigenvalue weighted by Crippen LogP contribution is -2.41. The number of primary amides is 1. The number of carbonyl (C=O) groups excluding carboxylic acids is 1. The highest BCUT2D eigenvalue weighted by atomic mass is 35.5. The molecule has 3 rings (SSSR count). The Morgan fingerprint density at radius 2 is 2.20 bits per heavy atom. The van der Waals surface area contributed by atoms with E-state index in [0.29, 0.717) is 17.7 Å². The van der Waals surface area contributed by atoms with Gasteiger partial charge in [-0.1, -0.05) is 18.5 Å². The van der Waals surface area contributed by atoms with Crippen molar-refractivity contribution in [1.29, 1.82) is 0 Å². The number of hydrogen-bond acceptors (Lipinski definition) is 3. The molecule has 1 aromatic heterocycles. The molecule has 7 nitrogen and oxygen atoms in total. The van der Waals surface area contributed by atoms with E-state index in [1.807, 2.05) is 6.92 Å². The minimum Gasteiger partial charge on any atom is -0.465 e. The number of benzene rings is 1. The molecule has 132 valence electrons. The number of nitrogens with zero attached hydrogens (tertiary/aromatic N) is 3. The van der Waals surface area contributed by atoms with Crippen molar-refractivity contribution in [2.75, 3.05) is 6.54 Å². The minimum absolute atomic E-state index is 0.00599. The van der Waals surface area contributed by atoms with E-state index >= 15 is 0 Å². The molecule has 3 N–H and O–H groups in total. The fourth-order valence-corrected chi connectivity index (χ4v) is 3.23. The van der Waals surface area contributed by atoms with Gasteiger partial charge in [0.15, 0.2) is 0 Å². The molecular weight excluding hydrogens is 351 g/mol. The molecule has 1 aliphatic rings. The summed E-state index contributed by atoms with van der Waals surface area (Å²) >= 11 is 5.83.